The Bertz CT molecular complexity index is 692. The number of para-hydroxylation sites is 1. The van der Waals surface area contributed by atoms with Crippen molar-refractivity contribution in [1.82, 2.24) is 20.2 Å². The van der Waals surface area contributed by atoms with Gasteiger partial charge < -0.3 is 9.64 Å². The van der Waals surface area contributed by atoms with E-state index in [1.807, 2.05) is 4.68 Å². The first kappa shape index (κ1) is 15.6. The number of ether oxygens (including phenoxy) is 1. The molecule has 0 aliphatic carbocycles. The van der Waals surface area contributed by atoms with E-state index in [1.165, 1.54) is 11.3 Å². The molecule has 2 unspecified atom stereocenters. The molecule has 2 atom stereocenters. The fourth-order valence-corrected chi connectivity index (χ4v) is 3.98. The number of benzene rings is 1. The molecule has 1 fully saturated rings. The van der Waals surface area contributed by atoms with Crippen LogP contribution in [0.1, 0.15) is 44.1 Å². The van der Waals surface area contributed by atoms with Crippen molar-refractivity contribution in [2.75, 3.05) is 18.1 Å². The first-order chi connectivity index (χ1) is 11.7. The molecular weight excluding hydrogens is 302 g/mol. The van der Waals surface area contributed by atoms with Gasteiger partial charge in [0.15, 0.2) is 5.82 Å². The summed E-state index contributed by atoms with van der Waals surface area (Å²) in [5.41, 5.74) is 2.74. The molecule has 0 radical (unpaired) electrons. The van der Waals surface area contributed by atoms with Crippen LogP contribution < -0.4 is 4.90 Å². The maximum absolute atomic E-state index is 5.77. The molecule has 4 rings (SSSR count). The maximum Gasteiger partial charge on any atom is 0.174 e. The van der Waals surface area contributed by atoms with Crippen molar-refractivity contribution in [2.24, 2.45) is 5.92 Å². The highest BCUT2D eigenvalue weighted by Crippen LogP contribution is 2.37. The molecule has 2 aliphatic heterocycles. The highest BCUT2D eigenvalue weighted by atomic mass is 16.5. The number of hydrogen-bond acceptors (Lipinski definition) is 5. The summed E-state index contributed by atoms with van der Waals surface area (Å²) in [4.78, 5) is 2.47. The number of aromatic nitrogens is 4. The van der Waals surface area contributed by atoms with Gasteiger partial charge in [0.05, 0.1) is 18.7 Å². The monoisotopic (exact) mass is 327 g/mol. The summed E-state index contributed by atoms with van der Waals surface area (Å²) in [5, 5.41) is 12.6. The van der Waals surface area contributed by atoms with E-state index in [0.717, 1.165) is 44.8 Å². The quantitative estimate of drug-likeness (QED) is 0.845. The number of hydrogen-bond donors (Lipinski definition) is 0. The van der Waals surface area contributed by atoms with Gasteiger partial charge in [-0.05, 0) is 47.2 Å². The number of anilines is 1. The van der Waals surface area contributed by atoms with Gasteiger partial charge in [-0.25, -0.2) is 4.68 Å². The van der Waals surface area contributed by atoms with Crippen LogP contribution in [0, 0.1) is 5.92 Å². The molecule has 1 saturated heterocycles. The molecule has 3 heterocycles. The number of tetrazole rings is 1. The number of fused-ring (bicyclic) bond motifs is 1. The van der Waals surface area contributed by atoms with E-state index in [0.29, 0.717) is 5.92 Å². The van der Waals surface area contributed by atoms with Gasteiger partial charge in [-0.1, -0.05) is 32.0 Å². The van der Waals surface area contributed by atoms with Gasteiger partial charge in [0.2, 0.25) is 0 Å². The summed E-state index contributed by atoms with van der Waals surface area (Å²) < 4.78 is 7.73. The molecule has 1 aromatic carbocycles. The first-order valence-corrected chi connectivity index (χ1v) is 8.96. The zero-order valence-electron chi connectivity index (χ0n) is 14.4. The Morgan fingerprint density at radius 1 is 1.29 bits per heavy atom. The molecule has 6 heteroatoms. The van der Waals surface area contributed by atoms with Crippen LogP contribution >= 0.6 is 0 Å². The van der Waals surface area contributed by atoms with Crippen molar-refractivity contribution in [1.29, 1.82) is 0 Å². The minimum atomic E-state index is 0.185. The zero-order chi connectivity index (χ0) is 16.5. The van der Waals surface area contributed by atoms with E-state index in [2.05, 4.69) is 58.5 Å². The zero-order valence-corrected chi connectivity index (χ0v) is 14.4. The fourth-order valence-electron chi connectivity index (χ4n) is 3.98. The van der Waals surface area contributed by atoms with Gasteiger partial charge in [0, 0.05) is 18.8 Å². The minimum absolute atomic E-state index is 0.185. The Labute approximate surface area is 142 Å². The Balaban J connectivity index is 1.64. The van der Waals surface area contributed by atoms with Crippen molar-refractivity contribution in [3.63, 3.8) is 0 Å². The van der Waals surface area contributed by atoms with Crippen molar-refractivity contribution >= 4 is 5.69 Å². The highest BCUT2D eigenvalue weighted by molar-refractivity contribution is 5.59. The van der Waals surface area contributed by atoms with Crippen molar-refractivity contribution < 1.29 is 4.74 Å². The maximum atomic E-state index is 5.77. The van der Waals surface area contributed by atoms with Crippen LogP contribution in [0.4, 0.5) is 5.69 Å². The van der Waals surface area contributed by atoms with Crippen LogP contribution in [0.15, 0.2) is 24.3 Å². The molecule has 2 aromatic rings. The molecule has 1 aromatic heterocycles. The second-order valence-corrected chi connectivity index (χ2v) is 7.12. The molecule has 0 N–H and O–H groups in total. The third kappa shape index (κ3) is 2.79. The van der Waals surface area contributed by atoms with E-state index in [4.69, 9.17) is 4.74 Å². The van der Waals surface area contributed by atoms with E-state index in [9.17, 15) is 0 Å². The van der Waals surface area contributed by atoms with Crippen LogP contribution in [0.3, 0.4) is 0 Å². The van der Waals surface area contributed by atoms with Gasteiger partial charge in [-0.2, -0.15) is 0 Å². The van der Waals surface area contributed by atoms with Gasteiger partial charge in [0.1, 0.15) is 0 Å². The second-order valence-electron chi connectivity index (χ2n) is 7.12. The molecule has 24 heavy (non-hydrogen) atoms. The average Bonchev–Trinajstić information content (AvgIpc) is 3.31. The lowest BCUT2D eigenvalue weighted by atomic mass is 10.0. The van der Waals surface area contributed by atoms with Gasteiger partial charge >= 0.3 is 0 Å². The number of nitrogens with zero attached hydrogens (tertiary/aromatic N) is 5. The van der Waals surface area contributed by atoms with Crippen LogP contribution in [-0.2, 0) is 17.7 Å². The van der Waals surface area contributed by atoms with Gasteiger partial charge in [-0.3, -0.25) is 0 Å². The lowest BCUT2D eigenvalue weighted by Gasteiger charge is -2.32. The summed E-state index contributed by atoms with van der Waals surface area (Å²) in [7, 11) is 0. The van der Waals surface area contributed by atoms with Crippen molar-refractivity contribution in [3.8, 4) is 0 Å². The second kappa shape index (κ2) is 6.51. The molecule has 0 saturated carbocycles. The molecule has 128 valence electrons. The van der Waals surface area contributed by atoms with Gasteiger partial charge in [-0.15, -0.1) is 5.10 Å². The third-order valence-electron chi connectivity index (χ3n) is 5.12. The Morgan fingerprint density at radius 2 is 2.17 bits per heavy atom. The lowest BCUT2D eigenvalue weighted by Crippen LogP contribution is -2.34. The lowest BCUT2D eigenvalue weighted by molar-refractivity contribution is 0.0920. The smallest absolute Gasteiger partial charge is 0.174 e. The van der Waals surface area contributed by atoms with Crippen LogP contribution in [-0.4, -0.2) is 39.5 Å². The summed E-state index contributed by atoms with van der Waals surface area (Å²) in [5.74, 6) is 1.38. The first-order valence-electron chi connectivity index (χ1n) is 8.96. The summed E-state index contributed by atoms with van der Waals surface area (Å²) in [6.45, 7) is 7.12. The van der Waals surface area contributed by atoms with Crippen LogP contribution in [0.5, 0.6) is 0 Å². The van der Waals surface area contributed by atoms with E-state index in [-0.39, 0.29) is 12.1 Å². The van der Waals surface area contributed by atoms with E-state index >= 15 is 0 Å². The van der Waals surface area contributed by atoms with Crippen molar-refractivity contribution in [3.05, 3.63) is 35.7 Å². The van der Waals surface area contributed by atoms with E-state index in [1.54, 1.807) is 0 Å². The minimum Gasteiger partial charge on any atom is -0.376 e. The SMILES string of the molecule is CC(C)C(c1nnnn1CC1CCCO1)N1CCc2ccccc21. The predicted molar refractivity (Wildman–Crippen MR) is 91.9 cm³/mol. The summed E-state index contributed by atoms with van der Waals surface area (Å²) >= 11 is 0. The summed E-state index contributed by atoms with van der Waals surface area (Å²) in [6, 6.07) is 8.86. The summed E-state index contributed by atoms with van der Waals surface area (Å²) in [6.07, 6.45) is 3.56. The molecule has 2 aliphatic rings. The highest BCUT2D eigenvalue weighted by Gasteiger charge is 2.33. The third-order valence-corrected chi connectivity index (χ3v) is 5.12. The Hall–Kier alpha value is -1.95. The number of rotatable bonds is 5. The molecule has 0 amide bonds. The molecular formula is C18H25N5O. The standard InChI is InChI=1S/C18H25N5O/c1-13(2)17(22-10-9-14-6-3-4-8-16(14)22)18-19-20-21-23(18)12-15-7-5-11-24-15/h3-4,6,8,13,15,17H,5,7,9-12H2,1-2H3. The molecule has 0 bridgehead atoms. The van der Waals surface area contributed by atoms with Crippen LogP contribution in [0.2, 0.25) is 0 Å². The van der Waals surface area contributed by atoms with E-state index < -0.39 is 0 Å². The molecule has 6 nitrogen and oxygen atoms in total. The van der Waals surface area contributed by atoms with Gasteiger partial charge in [0.25, 0.3) is 0 Å². The average molecular weight is 327 g/mol. The topological polar surface area (TPSA) is 56.1 Å². The van der Waals surface area contributed by atoms with Crippen LogP contribution in [0.25, 0.3) is 0 Å². The van der Waals surface area contributed by atoms with Crippen molar-refractivity contribution in [2.45, 2.75) is 51.8 Å². The normalized spacial score (nSPS) is 21.5. The molecule has 0 spiro atoms. The Kier molecular flexibility index (Phi) is 4.22. The fraction of sp³-hybridized carbons (Fsp3) is 0.611. The largest absolute Gasteiger partial charge is 0.376 e. The predicted octanol–water partition coefficient (Wildman–Crippen LogP) is 2.61. The Morgan fingerprint density at radius 3 is 2.96 bits per heavy atom.